The van der Waals surface area contributed by atoms with E-state index in [1.54, 1.807) is 0 Å². The SMILES string of the molecule is [2H]c1c([2H])c(N(c2ccc3c(c2)C(c2ccccc2)(c2ccccc2)c2ccccc2-3)c2cccc3c2oc2ccccc23)c([2H])c([2H])c1-c1ccccc1. The number of hydrogen-bond donors (Lipinski definition) is 0. The van der Waals surface area contributed by atoms with E-state index in [9.17, 15) is 5.48 Å². The van der Waals surface area contributed by atoms with Crippen LogP contribution in [0.1, 0.15) is 27.7 Å². The zero-order valence-electron chi connectivity index (χ0n) is 31.6. The summed E-state index contributed by atoms with van der Waals surface area (Å²) in [7, 11) is 0. The summed E-state index contributed by atoms with van der Waals surface area (Å²) in [6.45, 7) is 0. The first-order valence-electron chi connectivity index (χ1n) is 19.2. The summed E-state index contributed by atoms with van der Waals surface area (Å²) >= 11 is 0. The van der Waals surface area contributed by atoms with Gasteiger partial charge in [0.2, 0.25) is 0 Å². The van der Waals surface area contributed by atoms with Crippen molar-refractivity contribution in [3.8, 4) is 22.3 Å². The van der Waals surface area contributed by atoms with Gasteiger partial charge in [0.05, 0.1) is 16.6 Å². The molecule has 51 heavy (non-hydrogen) atoms. The van der Waals surface area contributed by atoms with Gasteiger partial charge in [-0.3, -0.25) is 0 Å². The van der Waals surface area contributed by atoms with E-state index in [2.05, 4.69) is 84.9 Å². The number of furan rings is 1. The van der Waals surface area contributed by atoms with Crippen LogP contribution in [0.25, 0.3) is 44.2 Å². The monoisotopic (exact) mass is 655 g/mol. The summed E-state index contributed by atoms with van der Waals surface area (Å²) in [5.41, 5.74) is 9.65. The van der Waals surface area contributed by atoms with Gasteiger partial charge in [0.1, 0.15) is 5.58 Å². The Morgan fingerprint density at radius 2 is 1.06 bits per heavy atom. The Bertz CT molecular complexity index is 2850. The van der Waals surface area contributed by atoms with E-state index in [-0.39, 0.29) is 35.4 Å². The first-order chi connectivity index (χ1) is 27.0. The van der Waals surface area contributed by atoms with Crippen LogP contribution in [0.3, 0.4) is 0 Å². The molecule has 8 aromatic carbocycles. The number of anilines is 3. The van der Waals surface area contributed by atoms with Crippen molar-refractivity contribution in [2.75, 3.05) is 4.90 Å². The Morgan fingerprint density at radius 1 is 0.451 bits per heavy atom. The lowest BCUT2D eigenvalue weighted by molar-refractivity contribution is 0.669. The first kappa shape index (κ1) is 25.3. The Morgan fingerprint density at radius 3 is 1.80 bits per heavy atom. The highest BCUT2D eigenvalue weighted by Crippen LogP contribution is 2.57. The molecule has 0 saturated heterocycles. The van der Waals surface area contributed by atoms with Gasteiger partial charge in [-0.05, 0) is 80.9 Å². The fourth-order valence-electron chi connectivity index (χ4n) is 8.04. The van der Waals surface area contributed by atoms with E-state index in [1.165, 1.54) is 5.56 Å². The van der Waals surface area contributed by atoms with Gasteiger partial charge in [0.25, 0.3) is 0 Å². The molecule has 0 bridgehead atoms. The average Bonchev–Trinajstić information content (AvgIpc) is 3.77. The molecule has 0 unspecified atom stereocenters. The fourth-order valence-corrected chi connectivity index (χ4v) is 8.04. The van der Waals surface area contributed by atoms with Crippen molar-refractivity contribution in [1.29, 1.82) is 0 Å². The molecule has 9 aromatic rings. The second-order valence-electron chi connectivity index (χ2n) is 12.9. The molecule has 10 rings (SSSR count). The lowest BCUT2D eigenvalue weighted by atomic mass is 9.67. The van der Waals surface area contributed by atoms with Crippen LogP contribution in [0, 0.1) is 0 Å². The number of nitrogens with zero attached hydrogens (tertiary/aromatic N) is 1. The molecule has 0 amide bonds. The van der Waals surface area contributed by atoms with Crippen LogP contribution in [-0.4, -0.2) is 0 Å². The highest BCUT2D eigenvalue weighted by atomic mass is 16.3. The zero-order valence-corrected chi connectivity index (χ0v) is 27.6. The molecule has 2 heteroatoms. The molecule has 240 valence electrons. The topological polar surface area (TPSA) is 16.4 Å². The second-order valence-corrected chi connectivity index (χ2v) is 12.9. The van der Waals surface area contributed by atoms with Gasteiger partial charge < -0.3 is 9.32 Å². The number of para-hydroxylation sites is 2. The van der Waals surface area contributed by atoms with Crippen molar-refractivity contribution < 1.29 is 9.90 Å². The minimum Gasteiger partial charge on any atom is -0.454 e. The van der Waals surface area contributed by atoms with E-state index in [1.807, 2.05) is 95.9 Å². The molecule has 0 N–H and O–H groups in total. The number of rotatable bonds is 6. The second kappa shape index (κ2) is 11.8. The maximum absolute atomic E-state index is 9.61. The lowest BCUT2D eigenvalue weighted by Crippen LogP contribution is -2.28. The minimum atomic E-state index is -0.687. The minimum absolute atomic E-state index is 0.111. The van der Waals surface area contributed by atoms with E-state index >= 15 is 0 Å². The van der Waals surface area contributed by atoms with Crippen LogP contribution < -0.4 is 4.90 Å². The zero-order chi connectivity index (χ0) is 37.3. The van der Waals surface area contributed by atoms with Gasteiger partial charge in [-0.2, -0.15) is 0 Å². The first-order valence-corrected chi connectivity index (χ1v) is 17.2. The van der Waals surface area contributed by atoms with Gasteiger partial charge >= 0.3 is 0 Å². The fraction of sp³-hybridized carbons (Fsp3) is 0.0204. The van der Waals surface area contributed by atoms with Crippen LogP contribution in [0.2, 0.25) is 0 Å². The molecule has 0 spiro atoms. The van der Waals surface area contributed by atoms with Crippen molar-refractivity contribution in [2.24, 2.45) is 0 Å². The van der Waals surface area contributed by atoms with Gasteiger partial charge in [0, 0.05) is 22.1 Å². The van der Waals surface area contributed by atoms with Gasteiger partial charge in [0.15, 0.2) is 5.58 Å². The third kappa shape index (κ3) is 4.50. The maximum Gasteiger partial charge on any atom is 0.159 e. The molecule has 1 aromatic heterocycles. The van der Waals surface area contributed by atoms with Crippen LogP contribution in [0.15, 0.2) is 205 Å². The van der Waals surface area contributed by atoms with Crippen molar-refractivity contribution in [3.63, 3.8) is 0 Å². The Kier molecular flexibility index (Phi) is 5.84. The number of benzene rings is 8. The predicted molar refractivity (Wildman–Crippen MR) is 211 cm³/mol. The standard InChI is InChI=1S/C49H33NO/c1-4-15-34(16-5-1)35-27-29-38(30-28-35)50(46-25-14-23-43-42-22-11-13-26-47(42)51-48(43)46)39-31-32-41-40-21-10-12-24-44(40)49(45(41)33-39,36-17-6-2-7-18-36)37-19-8-3-9-20-37/h1-33H/i27D,28D,29D,30D. The van der Waals surface area contributed by atoms with E-state index in [0.29, 0.717) is 22.5 Å². The number of fused-ring (bicyclic) bond motifs is 6. The summed E-state index contributed by atoms with van der Waals surface area (Å²) in [6.07, 6.45) is 0. The third-order valence-corrected chi connectivity index (χ3v) is 10.2. The highest BCUT2D eigenvalue weighted by Gasteiger charge is 2.46. The molecule has 1 heterocycles. The van der Waals surface area contributed by atoms with Gasteiger partial charge in [-0.25, -0.2) is 0 Å². The molecule has 1 aliphatic carbocycles. The molecular formula is C49H33NO. The summed E-state index contributed by atoms with van der Waals surface area (Å²) in [6, 6.07) is 58.6. The predicted octanol–water partition coefficient (Wildman–Crippen LogP) is 13.1. The Hall–Kier alpha value is -6.64. The van der Waals surface area contributed by atoms with Crippen LogP contribution in [-0.2, 0) is 5.41 Å². The molecule has 0 atom stereocenters. The summed E-state index contributed by atoms with van der Waals surface area (Å²) in [5, 5.41) is 1.85. The van der Waals surface area contributed by atoms with Crippen LogP contribution >= 0.6 is 0 Å². The Labute approximate surface area is 303 Å². The molecule has 1 aliphatic rings. The quantitative estimate of drug-likeness (QED) is 0.177. The molecule has 0 fully saturated rings. The maximum atomic E-state index is 9.61. The summed E-state index contributed by atoms with van der Waals surface area (Å²) in [4.78, 5) is 1.87. The number of hydrogen-bond acceptors (Lipinski definition) is 2. The molecular weight excluding hydrogens is 619 g/mol. The summed E-state index contributed by atoms with van der Waals surface area (Å²) < 4.78 is 44.5. The van der Waals surface area contributed by atoms with Crippen molar-refractivity contribution in [1.82, 2.24) is 0 Å². The van der Waals surface area contributed by atoms with Crippen molar-refractivity contribution >= 4 is 39.0 Å². The Balaban J connectivity index is 1.31. The van der Waals surface area contributed by atoms with Crippen LogP contribution in [0.4, 0.5) is 17.1 Å². The normalized spacial score (nSPS) is 14.0. The largest absolute Gasteiger partial charge is 0.454 e. The van der Waals surface area contributed by atoms with E-state index < -0.39 is 5.41 Å². The molecule has 2 nitrogen and oxygen atoms in total. The average molecular weight is 656 g/mol. The van der Waals surface area contributed by atoms with Crippen molar-refractivity contribution in [2.45, 2.75) is 5.41 Å². The van der Waals surface area contributed by atoms with Crippen molar-refractivity contribution in [3.05, 3.63) is 222 Å². The summed E-state index contributed by atoms with van der Waals surface area (Å²) in [5.74, 6) is 0. The highest BCUT2D eigenvalue weighted by molar-refractivity contribution is 6.10. The molecule has 0 aliphatic heterocycles. The van der Waals surface area contributed by atoms with E-state index in [4.69, 9.17) is 4.42 Å². The lowest BCUT2D eigenvalue weighted by Gasteiger charge is -2.35. The van der Waals surface area contributed by atoms with Gasteiger partial charge in [-0.15, -0.1) is 0 Å². The van der Waals surface area contributed by atoms with Crippen LogP contribution in [0.5, 0.6) is 0 Å². The molecule has 0 saturated carbocycles. The third-order valence-electron chi connectivity index (χ3n) is 10.2. The molecule has 0 radical (unpaired) electrons. The van der Waals surface area contributed by atoms with Gasteiger partial charge in [-0.1, -0.05) is 164 Å². The van der Waals surface area contributed by atoms with E-state index in [0.717, 1.165) is 44.2 Å². The smallest absolute Gasteiger partial charge is 0.159 e.